The fourth-order valence-electron chi connectivity index (χ4n) is 4.96. The molecule has 0 unspecified atom stereocenters. The number of fused-ring (bicyclic) bond motifs is 1. The molecule has 2 fully saturated rings. The van der Waals surface area contributed by atoms with Crippen LogP contribution in [0, 0.1) is 0 Å². The third-order valence-corrected chi connectivity index (χ3v) is 7.33. The maximum absolute atomic E-state index is 12.1. The van der Waals surface area contributed by atoms with Crippen LogP contribution in [0.1, 0.15) is 36.5 Å². The first-order valence-corrected chi connectivity index (χ1v) is 11.7. The summed E-state index contributed by atoms with van der Waals surface area (Å²) in [5.41, 5.74) is 2.77. The summed E-state index contributed by atoms with van der Waals surface area (Å²) in [5, 5.41) is 11.7. The van der Waals surface area contributed by atoms with Gasteiger partial charge in [0.05, 0.1) is 17.2 Å². The average Bonchev–Trinajstić information content (AvgIpc) is 3.43. The van der Waals surface area contributed by atoms with Gasteiger partial charge in [-0.15, -0.1) is 0 Å². The van der Waals surface area contributed by atoms with Gasteiger partial charge in [-0.1, -0.05) is 34.8 Å². The number of likely N-dealkylation sites (tertiary alicyclic amines) is 1. The Kier molecular flexibility index (Phi) is 5.82. The zero-order chi connectivity index (χ0) is 21.7. The highest BCUT2D eigenvalue weighted by atomic mass is 35.5. The van der Waals surface area contributed by atoms with Gasteiger partial charge in [-0.05, 0) is 55.2 Å². The Morgan fingerprint density at radius 1 is 1.06 bits per heavy atom. The normalized spacial score (nSPS) is 26.0. The molecule has 1 N–H and O–H groups in total. The van der Waals surface area contributed by atoms with E-state index in [1.807, 2.05) is 18.2 Å². The molecule has 0 saturated carbocycles. The minimum atomic E-state index is -0.329. The van der Waals surface area contributed by atoms with Crippen molar-refractivity contribution in [2.45, 2.75) is 43.9 Å². The van der Waals surface area contributed by atoms with E-state index in [4.69, 9.17) is 39.5 Å². The smallest absolute Gasteiger partial charge is 0.227 e. The number of carbonyl (C=O) groups is 1. The number of aliphatic hydroxyl groups is 1. The zero-order valence-corrected chi connectivity index (χ0v) is 19.1. The first-order valence-electron chi connectivity index (χ1n) is 10.6. The molecule has 2 aliphatic heterocycles. The fourth-order valence-corrected chi connectivity index (χ4v) is 5.76. The third-order valence-electron chi connectivity index (χ3n) is 6.48. The van der Waals surface area contributed by atoms with Crippen LogP contribution in [0.5, 0.6) is 5.75 Å². The average molecular weight is 482 g/mol. The van der Waals surface area contributed by atoms with Crippen LogP contribution in [0.15, 0.2) is 30.3 Å². The molecule has 3 aliphatic rings. The summed E-state index contributed by atoms with van der Waals surface area (Å²) in [6.07, 6.45) is 2.25. The van der Waals surface area contributed by atoms with Gasteiger partial charge in [-0.2, -0.15) is 0 Å². The molecule has 0 radical (unpaired) electrons. The Hall–Kier alpha value is -1.50. The van der Waals surface area contributed by atoms with Crippen LogP contribution in [0.3, 0.4) is 0 Å². The van der Waals surface area contributed by atoms with Crippen molar-refractivity contribution in [1.82, 2.24) is 4.90 Å². The topological polar surface area (TPSA) is 53.0 Å². The molecule has 0 spiro atoms. The Bertz CT molecular complexity index is 1030. The maximum atomic E-state index is 12.1. The Morgan fingerprint density at radius 2 is 1.90 bits per heavy atom. The number of benzene rings is 2. The number of ether oxygens (including phenoxy) is 1. The quantitative estimate of drug-likeness (QED) is 0.676. The standard InChI is InChI=1S/C23H23Cl3N2O3/c24-13-8-17-16(18(25)9-13)11-20(27-7-5-15(29)12-27)23(17)31-21-4-3-14(10-19(21)26)28-6-1-2-22(28)30/h3-4,8-10,15,20,23,29H,1-2,5-7,11-12H2/t15-,20-,23+/m1/s1. The monoisotopic (exact) mass is 480 g/mol. The fraction of sp³-hybridized carbons (Fsp3) is 0.435. The van der Waals surface area contributed by atoms with Crippen molar-refractivity contribution >= 4 is 46.4 Å². The first kappa shape index (κ1) is 21.4. The lowest BCUT2D eigenvalue weighted by Crippen LogP contribution is -2.39. The van der Waals surface area contributed by atoms with Crippen LogP contribution in [0.4, 0.5) is 5.69 Å². The molecular weight excluding hydrogens is 459 g/mol. The van der Waals surface area contributed by atoms with Crippen molar-refractivity contribution < 1.29 is 14.6 Å². The summed E-state index contributed by atoms with van der Waals surface area (Å²) in [5.74, 6) is 0.669. The van der Waals surface area contributed by atoms with Gasteiger partial charge in [-0.25, -0.2) is 0 Å². The third kappa shape index (κ3) is 4.03. The van der Waals surface area contributed by atoms with Gasteiger partial charge in [-0.3, -0.25) is 9.69 Å². The first-order chi connectivity index (χ1) is 14.9. The van der Waals surface area contributed by atoms with E-state index in [-0.39, 0.29) is 24.2 Å². The lowest BCUT2D eigenvalue weighted by Gasteiger charge is -2.30. The number of halogens is 3. The maximum Gasteiger partial charge on any atom is 0.227 e. The van der Waals surface area contributed by atoms with Crippen LogP contribution in [0.25, 0.3) is 0 Å². The van der Waals surface area contributed by atoms with Gasteiger partial charge >= 0.3 is 0 Å². The number of amides is 1. The largest absolute Gasteiger partial charge is 0.482 e. The molecule has 8 heteroatoms. The van der Waals surface area contributed by atoms with Gasteiger partial charge in [0.2, 0.25) is 5.91 Å². The number of hydrogen-bond acceptors (Lipinski definition) is 4. The molecule has 1 amide bonds. The molecule has 5 rings (SSSR count). The van der Waals surface area contributed by atoms with E-state index < -0.39 is 0 Å². The summed E-state index contributed by atoms with van der Waals surface area (Å²) in [6, 6.07) is 9.18. The van der Waals surface area contributed by atoms with E-state index >= 15 is 0 Å². The second kappa shape index (κ2) is 8.45. The molecule has 2 aromatic rings. The summed E-state index contributed by atoms with van der Waals surface area (Å²) in [7, 11) is 0. The molecule has 164 valence electrons. The van der Waals surface area contributed by atoms with Crippen molar-refractivity contribution in [3.8, 4) is 5.75 Å². The highest BCUT2D eigenvalue weighted by Gasteiger charge is 2.42. The van der Waals surface area contributed by atoms with E-state index in [1.54, 1.807) is 17.0 Å². The number of carbonyl (C=O) groups excluding carboxylic acids is 1. The van der Waals surface area contributed by atoms with Gasteiger partial charge in [0.15, 0.2) is 0 Å². The van der Waals surface area contributed by atoms with Gasteiger partial charge in [0.1, 0.15) is 11.9 Å². The van der Waals surface area contributed by atoms with Crippen molar-refractivity contribution in [2.75, 3.05) is 24.5 Å². The van der Waals surface area contributed by atoms with E-state index in [1.165, 1.54) is 0 Å². The Labute approximate surface area is 196 Å². The predicted molar refractivity (Wildman–Crippen MR) is 123 cm³/mol. The molecule has 2 aromatic carbocycles. The molecular formula is C23H23Cl3N2O3. The van der Waals surface area contributed by atoms with Gasteiger partial charge in [0.25, 0.3) is 0 Å². The van der Waals surface area contributed by atoms with E-state index in [0.717, 1.165) is 42.6 Å². The molecule has 3 atom stereocenters. The number of nitrogens with zero attached hydrogens (tertiary/aromatic N) is 2. The summed E-state index contributed by atoms with van der Waals surface area (Å²) < 4.78 is 6.47. The summed E-state index contributed by atoms with van der Waals surface area (Å²) >= 11 is 19.4. The Morgan fingerprint density at radius 3 is 2.58 bits per heavy atom. The van der Waals surface area contributed by atoms with Crippen molar-refractivity contribution in [2.24, 2.45) is 0 Å². The van der Waals surface area contributed by atoms with Gasteiger partial charge in [0, 0.05) is 47.4 Å². The van der Waals surface area contributed by atoms with Gasteiger partial charge < -0.3 is 14.7 Å². The van der Waals surface area contributed by atoms with Crippen molar-refractivity contribution in [3.63, 3.8) is 0 Å². The highest BCUT2D eigenvalue weighted by molar-refractivity contribution is 6.35. The van der Waals surface area contributed by atoms with E-state index in [9.17, 15) is 9.90 Å². The minimum Gasteiger partial charge on any atom is -0.482 e. The second-order valence-corrected chi connectivity index (χ2v) is 9.72. The van der Waals surface area contributed by atoms with Crippen molar-refractivity contribution in [3.05, 3.63) is 56.5 Å². The number of aliphatic hydroxyl groups excluding tert-OH is 1. The minimum absolute atomic E-state index is 0.0269. The van der Waals surface area contributed by atoms with Crippen LogP contribution < -0.4 is 9.64 Å². The van der Waals surface area contributed by atoms with E-state index in [0.29, 0.717) is 40.3 Å². The lowest BCUT2D eigenvalue weighted by atomic mass is 10.1. The van der Waals surface area contributed by atoms with Crippen LogP contribution >= 0.6 is 34.8 Å². The lowest BCUT2D eigenvalue weighted by molar-refractivity contribution is -0.117. The summed E-state index contributed by atoms with van der Waals surface area (Å²) in [4.78, 5) is 16.1. The molecule has 0 bridgehead atoms. The second-order valence-electron chi connectivity index (χ2n) is 8.47. The molecule has 31 heavy (non-hydrogen) atoms. The number of rotatable bonds is 4. The highest BCUT2D eigenvalue weighted by Crippen LogP contribution is 2.44. The zero-order valence-electron chi connectivity index (χ0n) is 16.9. The van der Waals surface area contributed by atoms with Crippen LogP contribution in [-0.4, -0.2) is 47.7 Å². The van der Waals surface area contributed by atoms with Crippen LogP contribution in [-0.2, 0) is 11.2 Å². The number of hydrogen-bond donors (Lipinski definition) is 1. The number of β-amino-alcohol motifs (C(OH)–C–C–N with tert-alkyl or cyclic N) is 1. The number of anilines is 1. The van der Waals surface area contributed by atoms with Crippen LogP contribution in [0.2, 0.25) is 15.1 Å². The molecule has 5 nitrogen and oxygen atoms in total. The van der Waals surface area contributed by atoms with Crippen molar-refractivity contribution in [1.29, 1.82) is 0 Å². The predicted octanol–water partition coefficient (Wildman–Crippen LogP) is 4.89. The molecule has 1 aliphatic carbocycles. The molecule has 2 saturated heterocycles. The molecule has 2 heterocycles. The summed E-state index contributed by atoms with van der Waals surface area (Å²) in [6.45, 7) is 2.12. The van der Waals surface area contributed by atoms with E-state index in [2.05, 4.69) is 4.90 Å². The SMILES string of the molecule is O=C1CCCN1c1ccc(O[C@H]2c3cc(Cl)cc(Cl)c3C[C@H]2N2CC[C@@H](O)C2)c(Cl)c1. The molecule has 0 aromatic heterocycles. The Balaban J connectivity index is 1.46.